The minimum Gasteiger partial charge on any atom is -0.310 e. The molecule has 0 heterocycles. The summed E-state index contributed by atoms with van der Waals surface area (Å²) in [6.45, 7) is 0. The quantitative estimate of drug-likeness (QED) is 0.166. The summed E-state index contributed by atoms with van der Waals surface area (Å²) in [7, 11) is 0. The number of nitrogens with zero attached hydrogens (tertiary/aromatic N) is 1. The van der Waals surface area contributed by atoms with Crippen molar-refractivity contribution in [3.8, 4) is 55.6 Å². The summed E-state index contributed by atoms with van der Waals surface area (Å²) in [5.74, 6) is 0. The molecule has 1 heteroatoms. The Morgan fingerprint density at radius 3 is 1.30 bits per heavy atom. The Bertz CT molecular complexity index is 2830. The second kappa shape index (κ2) is 13.0. The van der Waals surface area contributed by atoms with Crippen molar-refractivity contribution in [3.05, 3.63) is 247 Å². The van der Waals surface area contributed by atoms with Gasteiger partial charge in [-0.25, -0.2) is 0 Å². The summed E-state index contributed by atoms with van der Waals surface area (Å²) in [5.41, 5.74) is 20.7. The standard InChI is InChI=1S/C55H37N/c1-4-17-38(18-5-1)39-31-33-41(34-32-39)54-44(40-19-6-2-7-20-40)26-16-30-53(54)56(42-21-8-3-9-22-42)43-35-36-48-47-25-12-15-29-51(47)55(52(48)37-43)49-27-13-10-23-45(49)46-24-11-14-28-50(46)55/h1-37H. The molecule has 0 N–H and O–H groups in total. The molecule has 1 nitrogen and oxygen atoms in total. The van der Waals surface area contributed by atoms with E-state index in [-0.39, 0.29) is 0 Å². The molecule has 1 spiro atoms. The van der Waals surface area contributed by atoms with Gasteiger partial charge in [-0.2, -0.15) is 0 Å². The number of rotatable bonds is 6. The van der Waals surface area contributed by atoms with Crippen LogP contribution in [0.3, 0.4) is 0 Å². The van der Waals surface area contributed by atoms with Crippen LogP contribution in [-0.2, 0) is 5.41 Å². The molecule has 0 saturated heterocycles. The Morgan fingerprint density at radius 1 is 0.268 bits per heavy atom. The van der Waals surface area contributed by atoms with Gasteiger partial charge < -0.3 is 4.90 Å². The molecule has 0 unspecified atom stereocenters. The van der Waals surface area contributed by atoms with E-state index in [2.05, 4.69) is 229 Å². The first-order chi connectivity index (χ1) is 27.8. The van der Waals surface area contributed by atoms with Crippen LogP contribution in [0.25, 0.3) is 55.6 Å². The van der Waals surface area contributed by atoms with E-state index in [0.717, 1.165) is 17.1 Å². The number of para-hydroxylation sites is 1. The van der Waals surface area contributed by atoms with Crippen LogP contribution in [0, 0.1) is 0 Å². The van der Waals surface area contributed by atoms with Gasteiger partial charge in [0, 0.05) is 16.9 Å². The first-order valence-electron chi connectivity index (χ1n) is 19.4. The van der Waals surface area contributed by atoms with Crippen molar-refractivity contribution >= 4 is 17.1 Å². The van der Waals surface area contributed by atoms with Crippen LogP contribution in [0.5, 0.6) is 0 Å². The van der Waals surface area contributed by atoms with Gasteiger partial charge in [0.25, 0.3) is 0 Å². The molecule has 2 aliphatic rings. The van der Waals surface area contributed by atoms with E-state index in [0.29, 0.717) is 0 Å². The molecule has 0 radical (unpaired) electrons. The lowest BCUT2D eigenvalue weighted by molar-refractivity contribution is 0.793. The lowest BCUT2D eigenvalue weighted by atomic mass is 9.70. The number of anilines is 3. The summed E-state index contributed by atoms with van der Waals surface area (Å²) < 4.78 is 0. The number of fused-ring (bicyclic) bond motifs is 10. The maximum atomic E-state index is 2.48. The topological polar surface area (TPSA) is 3.24 Å². The zero-order valence-electron chi connectivity index (χ0n) is 30.8. The van der Waals surface area contributed by atoms with Crippen LogP contribution in [0.4, 0.5) is 17.1 Å². The van der Waals surface area contributed by atoms with E-state index in [9.17, 15) is 0 Å². The molecular formula is C55H37N. The van der Waals surface area contributed by atoms with E-state index in [4.69, 9.17) is 0 Å². The highest BCUT2D eigenvalue weighted by Gasteiger charge is 2.51. The molecule has 9 aromatic carbocycles. The van der Waals surface area contributed by atoms with Crippen molar-refractivity contribution in [2.45, 2.75) is 5.41 Å². The highest BCUT2D eigenvalue weighted by atomic mass is 15.1. The fourth-order valence-corrected chi connectivity index (χ4v) is 9.57. The SMILES string of the molecule is c1ccc(-c2ccc(-c3c(-c4ccccc4)cccc3N(c3ccccc3)c3ccc4c(c3)C3(c5ccccc5-c5ccccc53)c3ccccc3-4)cc2)cc1. The number of hydrogen-bond donors (Lipinski definition) is 0. The highest BCUT2D eigenvalue weighted by Crippen LogP contribution is 2.63. The van der Waals surface area contributed by atoms with Crippen LogP contribution in [0.2, 0.25) is 0 Å². The van der Waals surface area contributed by atoms with Crippen LogP contribution in [-0.4, -0.2) is 0 Å². The fraction of sp³-hybridized carbons (Fsp3) is 0.0182. The van der Waals surface area contributed by atoms with Crippen molar-refractivity contribution in [2.24, 2.45) is 0 Å². The first kappa shape index (κ1) is 32.2. The molecule has 56 heavy (non-hydrogen) atoms. The maximum Gasteiger partial charge on any atom is 0.0726 e. The third-order valence-electron chi connectivity index (χ3n) is 11.9. The molecule has 11 rings (SSSR count). The van der Waals surface area contributed by atoms with Gasteiger partial charge in [0.05, 0.1) is 11.1 Å². The fourth-order valence-electron chi connectivity index (χ4n) is 9.57. The monoisotopic (exact) mass is 711 g/mol. The summed E-state index contributed by atoms with van der Waals surface area (Å²) in [6.07, 6.45) is 0. The van der Waals surface area contributed by atoms with Gasteiger partial charge in [-0.15, -0.1) is 0 Å². The van der Waals surface area contributed by atoms with E-state index in [1.54, 1.807) is 0 Å². The van der Waals surface area contributed by atoms with E-state index in [1.807, 2.05) is 0 Å². The van der Waals surface area contributed by atoms with Crippen LogP contribution < -0.4 is 4.90 Å². The normalized spacial score (nSPS) is 12.8. The van der Waals surface area contributed by atoms with Gasteiger partial charge in [0.2, 0.25) is 0 Å². The zero-order chi connectivity index (χ0) is 37.1. The Labute approximate surface area is 328 Å². The van der Waals surface area contributed by atoms with Gasteiger partial charge in [-0.3, -0.25) is 0 Å². The summed E-state index contributed by atoms with van der Waals surface area (Å²) in [4.78, 5) is 2.47. The van der Waals surface area contributed by atoms with Crippen molar-refractivity contribution < 1.29 is 0 Å². The molecule has 0 fully saturated rings. The van der Waals surface area contributed by atoms with Gasteiger partial charge >= 0.3 is 0 Å². The molecular weight excluding hydrogens is 675 g/mol. The van der Waals surface area contributed by atoms with Gasteiger partial charge in [0.15, 0.2) is 0 Å². The van der Waals surface area contributed by atoms with Crippen LogP contribution in [0.15, 0.2) is 224 Å². The second-order valence-electron chi connectivity index (χ2n) is 14.8. The minimum atomic E-state index is -0.431. The summed E-state index contributed by atoms with van der Waals surface area (Å²) in [6, 6.07) is 82.4. The van der Waals surface area contributed by atoms with E-state index in [1.165, 1.54) is 77.9 Å². The Hall–Kier alpha value is -7.22. The summed E-state index contributed by atoms with van der Waals surface area (Å²) >= 11 is 0. The average molecular weight is 712 g/mol. The predicted molar refractivity (Wildman–Crippen MR) is 234 cm³/mol. The molecule has 2 aliphatic carbocycles. The Kier molecular flexibility index (Phi) is 7.47. The van der Waals surface area contributed by atoms with Gasteiger partial charge in [-0.1, -0.05) is 194 Å². The second-order valence-corrected chi connectivity index (χ2v) is 14.8. The molecule has 262 valence electrons. The highest BCUT2D eigenvalue weighted by molar-refractivity contribution is 5.99. The molecule has 0 saturated carbocycles. The third-order valence-corrected chi connectivity index (χ3v) is 11.9. The number of benzene rings is 9. The first-order valence-corrected chi connectivity index (χ1v) is 19.4. The third kappa shape index (κ3) is 4.81. The number of hydrogen-bond acceptors (Lipinski definition) is 1. The molecule has 9 aromatic rings. The zero-order valence-corrected chi connectivity index (χ0v) is 30.8. The Balaban J connectivity index is 1.18. The lowest BCUT2D eigenvalue weighted by Gasteiger charge is -2.33. The van der Waals surface area contributed by atoms with Gasteiger partial charge in [0.1, 0.15) is 0 Å². The molecule has 0 aliphatic heterocycles. The smallest absolute Gasteiger partial charge is 0.0726 e. The van der Waals surface area contributed by atoms with Crippen molar-refractivity contribution in [3.63, 3.8) is 0 Å². The molecule has 0 aromatic heterocycles. The largest absolute Gasteiger partial charge is 0.310 e. The van der Waals surface area contributed by atoms with E-state index < -0.39 is 5.41 Å². The van der Waals surface area contributed by atoms with Gasteiger partial charge in [-0.05, 0) is 103 Å². The Morgan fingerprint density at radius 2 is 0.714 bits per heavy atom. The van der Waals surface area contributed by atoms with Crippen LogP contribution in [0.1, 0.15) is 22.3 Å². The summed E-state index contributed by atoms with van der Waals surface area (Å²) in [5, 5.41) is 0. The van der Waals surface area contributed by atoms with Crippen molar-refractivity contribution in [2.75, 3.05) is 4.90 Å². The maximum absolute atomic E-state index is 2.48. The molecule has 0 atom stereocenters. The van der Waals surface area contributed by atoms with Crippen LogP contribution >= 0.6 is 0 Å². The van der Waals surface area contributed by atoms with Crippen molar-refractivity contribution in [1.29, 1.82) is 0 Å². The van der Waals surface area contributed by atoms with E-state index >= 15 is 0 Å². The predicted octanol–water partition coefficient (Wildman–Crippen LogP) is 14.5. The van der Waals surface area contributed by atoms with Crippen molar-refractivity contribution in [1.82, 2.24) is 0 Å². The average Bonchev–Trinajstić information content (AvgIpc) is 3.75. The molecule has 0 bridgehead atoms. The lowest BCUT2D eigenvalue weighted by Crippen LogP contribution is -2.26. The molecule has 0 amide bonds. The minimum absolute atomic E-state index is 0.431.